The van der Waals surface area contributed by atoms with Crippen molar-refractivity contribution >= 4 is 39.5 Å². The first kappa shape index (κ1) is 26.0. The Morgan fingerprint density at radius 2 is 1.61 bits per heavy atom. The van der Waals surface area contributed by atoms with Gasteiger partial charge in [0.2, 0.25) is 11.2 Å². The SMILES string of the molecule is COCCCN1C(=O)c2ccc(C(=O)Oc3ccc4c(=O)c(Oc5ccc6ccccc6c5)coc4c3)cc2C1=O. The average Bonchev–Trinajstić information content (AvgIpc) is 3.23. The fourth-order valence-corrected chi connectivity index (χ4v) is 4.74. The fraction of sp³-hybridized carbons (Fsp3) is 0.125. The zero-order valence-electron chi connectivity index (χ0n) is 21.9. The zero-order valence-corrected chi connectivity index (χ0v) is 21.9. The molecule has 1 aromatic heterocycles. The molecule has 204 valence electrons. The van der Waals surface area contributed by atoms with Crippen LogP contribution in [-0.4, -0.2) is 42.9 Å². The van der Waals surface area contributed by atoms with E-state index in [0.29, 0.717) is 18.8 Å². The van der Waals surface area contributed by atoms with Crippen LogP contribution in [0.3, 0.4) is 0 Å². The number of ether oxygens (including phenoxy) is 3. The Balaban J connectivity index is 1.19. The molecule has 0 N–H and O–H groups in total. The molecule has 9 nitrogen and oxygen atoms in total. The average molecular weight is 550 g/mol. The maximum Gasteiger partial charge on any atom is 0.343 e. The summed E-state index contributed by atoms with van der Waals surface area (Å²) in [7, 11) is 1.54. The van der Waals surface area contributed by atoms with Gasteiger partial charge in [-0.2, -0.15) is 0 Å². The molecule has 0 atom stereocenters. The zero-order chi connectivity index (χ0) is 28.5. The highest BCUT2D eigenvalue weighted by Gasteiger charge is 2.35. The Morgan fingerprint density at radius 3 is 2.44 bits per heavy atom. The van der Waals surface area contributed by atoms with Crippen LogP contribution in [0.1, 0.15) is 37.5 Å². The summed E-state index contributed by atoms with van der Waals surface area (Å²) in [5.41, 5.74) is 0.300. The van der Waals surface area contributed by atoms with Crippen LogP contribution in [0, 0.1) is 0 Å². The quantitative estimate of drug-likeness (QED) is 0.107. The second-order valence-electron chi connectivity index (χ2n) is 9.46. The molecule has 0 bridgehead atoms. The van der Waals surface area contributed by atoms with Crippen molar-refractivity contribution in [2.24, 2.45) is 0 Å². The molecule has 5 aromatic rings. The molecular weight excluding hydrogens is 526 g/mol. The molecule has 6 rings (SSSR count). The van der Waals surface area contributed by atoms with Crippen LogP contribution in [0.2, 0.25) is 0 Å². The van der Waals surface area contributed by atoms with Crippen molar-refractivity contribution in [3.05, 3.63) is 112 Å². The van der Waals surface area contributed by atoms with Gasteiger partial charge in [-0.25, -0.2) is 4.79 Å². The van der Waals surface area contributed by atoms with Crippen molar-refractivity contribution < 1.29 is 33.0 Å². The Labute approximate surface area is 233 Å². The summed E-state index contributed by atoms with van der Waals surface area (Å²) in [4.78, 5) is 52.5. The molecule has 0 fully saturated rings. The van der Waals surface area contributed by atoms with Gasteiger partial charge < -0.3 is 18.6 Å². The molecule has 0 radical (unpaired) electrons. The van der Waals surface area contributed by atoms with Gasteiger partial charge in [0.05, 0.1) is 22.1 Å². The van der Waals surface area contributed by atoms with E-state index in [9.17, 15) is 19.2 Å². The summed E-state index contributed by atoms with van der Waals surface area (Å²) in [6.07, 6.45) is 1.72. The largest absolute Gasteiger partial charge is 0.460 e. The van der Waals surface area contributed by atoms with Crippen molar-refractivity contribution in [1.82, 2.24) is 4.90 Å². The molecule has 0 aliphatic carbocycles. The van der Waals surface area contributed by atoms with E-state index in [1.807, 2.05) is 36.4 Å². The highest BCUT2D eigenvalue weighted by Crippen LogP contribution is 2.28. The van der Waals surface area contributed by atoms with Gasteiger partial charge in [-0.3, -0.25) is 19.3 Å². The normalized spacial score (nSPS) is 12.7. The number of nitrogens with zero attached hydrogens (tertiary/aromatic N) is 1. The number of methoxy groups -OCH3 is 1. The minimum atomic E-state index is -0.733. The van der Waals surface area contributed by atoms with E-state index in [0.717, 1.165) is 15.7 Å². The molecule has 9 heteroatoms. The molecular formula is C32H23NO8. The minimum Gasteiger partial charge on any atom is -0.460 e. The van der Waals surface area contributed by atoms with Gasteiger partial charge >= 0.3 is 5.97 Å². The third-order valence-corrected chi connectivity index (χ3v) is 6.81. The lowest BCUT2D eigenvalue weighted by atomic mass is 10.1. The van der Waals surface area contributed by atoms with Crippen molar-refractivity contribution in [2.75, 3.05) is 20.3 Å². The maximum atomic E-state index is 13.1. The van der Waals surface area contributed by atoms with Gasteiger partial charge in [0.1, 0.15) is 23.3 Å². The molecule has 41 heavy (non-hydrogen) atoms. The van der Waals surface area contributed by atoms with Gasteiger partial charge in [-0.15, -0.1) is 0 Å². The third kappa shape index (κ3) is 4.94. The summed E-state index contributed by atoms with van der Waals surface area (Å²) in [5, 5.41) is 2.27. The maximum absolute atomic E-state index is 13.1. The van der Waals surface area contributed by atoms with Crippen molar-refractivity contribution in [3.63, 3.8) is 0 Å². The number of benzene rings is 4. The summed E-state index contributed by atoms with van der Waals surface area (Å²) in [6.45, 7) is 0.632. The third-order valence-electron chi connectivity index (χ3n) is 6.81. The van der Waals surface area contributed by atoms with Gasteiger partial charge in [-0.1, -0.05) is 30.3 Å². The summed E-state index contributed by atoms with van der Waals surface area (Å²) >= 11 is 0. The molecule has 1 aliphatic heterocycles. The minimum absolute atomic E-state index is 0.0196. The van der Waals surface area contributed by atoms with E-state index in [1.54, 1.807) is 13.2 Å². The summed E-state index contributed by atoms with van der Waals surface area (Å²) < 4.78 is 21.9. The Bertz CT molecular complexity index is 1910. The number of rotatable bonds is 8. The number of fused-ring (bicyclic) bond motifs is 3. The van der Waals surface area contributed by atoms with Gasteiger partial charge in [0, 0.05) is 26.3 Å². The number of amides is 2. The number of hydrogen-bond donors (Lipinski definition) is 0. The highest BCUT2D eigenvalue weighted by atomic mass is 16.5. The van der Waals surface area contributed by atoms with Crippen LogP contribution >= 0.6 is 0 Å². The summed E-state index contributed by atoms with van der Waals surface area (Å²) in [6, 6.07) is 21.9. The number of imide groups is 1. The van der Waals surface area contributed by atoms with E-state index >= 15 is 0 Å². The van der Waals surface area contributed by atoms with Crippen molar-refractivity contribution in [3.8, 4) is 17.2 Å². The molecule has 0 saturated carbocycles. The van der Waals surface area contributed by atoms with Crippen LogP contribution < -0.4 is 14.9 Å². The van der Waals surface area contributed by atoms with E-state index < -0.39 is 17.8 Å². The molecule has 4 aromatic carbocycles. The van der Waals surface area contributed by atoms with E-state index in [2.05, 4.69) is 0 Å². The van der Waals surface area contributed by atoms with Gasteiger partial charge in [0.25, 0.3) is 11.8 Å². The van der Waals surface area contributed by atoms with Gasteiger partial charge in [0.15, 0.2) is 0 Å². The lowest BCUT2D eigenvalue weighted by Gasteiger charge is -2.12. The van der Waals surface area contributed by atoms with Crippen LogP contribution in [-0.2, 0) is 4.74 Å². The Morgan fingerprint density at radius 1 is 0.829 bits per heavy atom. The Kier molecular flexibility index (Phi) is 6.78. The van der Waals surface area contributed by atoms with Gasteiger partial charge in [-0.05, 0) is 59.7 Å². The van der Waals surface area contributed by atoms with Crippen molar-refractivity contribution in [1.29, 1.82) is 0 Å². The van der Waals surface area contributed by atoms with Crippen LogP contribution in [0.5, 0.6) is 17.2 Å². The van der Waals surface area contributed by atoms with Crippen LogP contribution in [0.4, 0.5) is 0 Å². The van der Waals surface area contributed by atoms with E-state index in [1.165, 1.54) is 42.7 Å². The van der Waals surface area contributed by atoms with Crippen LogP contribution in [0.15, 0.2) is 94.3 Å². The first-order valence-corrected chi connectivity index (χ1v) is 12.9. The molecule has 1 aliphatic rings. The molecule has 0 spiro atoms. The van der Waals surface area contributed by atoms with Crippen molar-refractivity contribution in [2.45, 2.75) is 6.42 Å². The number of carbonyl (C=O) groups excluding carboxylic acids is 3. The number of carbonyl (C=O) groups is 3. The molecule has 0 unspecified atom stereocenters. The monoisotopic (exact) mass is 549 g/mol. The number of hydrogen-bond acceptors (Lipinski definition) is 8. The summed E-state index contributed by atoms with van der Waals surface area (Å²) in [5.74, 6) is -0.957. The fourth-order valence-electron chi connectivity index (χ4n) is 4.74. The predicted octanol–water partition coefficient (Wildman–Crippen LogP) is 5.59. The first-order chi connectivity index (χ1) is 19.9. The first-order valence-electron chi connectivity index (χ1n) is 12.9. The standard InChI is InChI=1S/C32H23NO8/c1-38-14-4-13-33-30(35)24-11-8-21(16-26(24)31(33)36)32(37)41-23-10-12-25-27(17-23)39-18-28(29(25)34)40-22-9-7-19-5-2-3-6-20(19)15-22/h2-3,5-12,15-18H,4,13-14H2,1H3. The van der Waals surface area contributed by atoms with E-state index in [4.69, 9.17) is 18.6 Å². The van der Waals surface area contributed by atoms with E-state index in [-0.39, 0.29) is 51.1 Å². The molecule has 2 amide bonds. The molecule has 2 heterocycles. The second-order valence-corrected chi connectivity index (χ2v) is 9.46. The highest BCUT2D eigenvalue weighted by molar-refractivity contribution is 6.22. The smallest absolute Gasteiger partial charge is 0.343 e. The second kappa shape index (κ2) is 10.7. The topological polar surface area (TPSA) is 112 Å². The lowest BCUT2D eigenvalue weighted by Crippen LogP contribution is -2.31. The number of esters is 1. The van der Waals surface area contributed by atoms with Crippen LogP contribution in [0.25, 0.3) is 21.7 Å². The lowest BCUT2D eigenvalue weighted by molar-refractivity contribution is 0.0638. The Hall–Kier alpha value is -5.28. The molecule has 0 saturated heterocycles. The predicted molar refractivity (Wildman–Crippen MR) is 150 cm³/mol.